The zero-order chi connectivity index (χ0) is 14.3. The summed E-state index contributed by atoms with van der Waals surface area (Å²) in [6.45, 7) is 5.85. The van der Waals surface area contributed by atoms with Gasteiger partial charge in [-0.3, -0.25) is 0 Å². The number of carbonyl (C=O) groups is 1. The first-order chi connectivity index (χ1) is 9.08. The number of benzene rings is 1. The fourth-order valence-corrected chi connectivity index (χ4v) is 1.96. The van der Waals surface area contributed by atoms with Crippen molar-refractivity contribution in [2.75, 3.05) is 20.2 Å². The van der Waals surface area contributed by atoms with Crippen LogP contribution < -0.4 is 11.1 Å². The molecule has 0 aliphatic rings. The quantitative estimate of drug-likeness (QED) is 0.734. The first-order valence-electron chi connectivity index (χ1n) is 6.69. The highest BCUT2D eigenvalue weighted by atomic mass is 16.5. The van der Waals surface area contributed by atoms with Gasteiger partial charge in [-0.25, -0.2) is 4.79 Å². The predicted molar refractivity (Wildman–Crippen MR) is 77.2 cm³/mol. The molecule has 4 nitrogen and oxygen atoms in total. The van der Waals surface area contributed by atoms with Crippen molar-refractivity contribution >= 4 is 5.97 Å². The lowest BCUT2D eigenvalue weighted by atomic mass is 9.96. The topological polar surface area (TPSA) is 64.3 Å². The van der Waals surface area contributed by atoms with Gasteiger partial charge < -0.3 is 15.8 Å². The summed E-state index contributed by atoms with van der Waals surface area (Å²) >= 11 is 0. The second-order valence-corrected chi connectivity index (χ2v) is 4.99. The summed E-state index contributed by atoms with van der Waals surface area (Å²) in [5.74, 6) is 0.236. The van der Waals surface area contributed by atoms with E-state index >= 15 is 0 Å². The molecule has 0 aromatic heterocycles. The van der Waals surface area contributed by atoms with Crippen molar-refractivity contribution in [3.8, 4) is 0 Å². The van der Waals surface area contributed by atoms with Crippen molar-refractivity contribution < 1.29 is 9.53 Å². The van der Waals surface area contributed by atoms with Crippen LogP contribution >= 0.6 is 0 Å². The van der Waals surface area contributed by atoms with Crippen molar-refractivity contribution in [3.63, 3.8) is 0 Å². The van der Waals surface area contributed by atoms with Crippen molar-refractivity contribution in [1.29, 1.82) is 0 Å². The number of rotatable bonds is 7. The molecular formula is C15H24N2O2. The molecule has 0 amide bonds. The third-order valence-corrected chi connectivity index (χ3v) is 3.19. The summed E-state index contributed by atoms with van der Waals surface area (Å²) in [5, 5.41) is 3.45. The summed E-state index contributed by atoms with van der Waals surface area (Å²) in [5.41, 5.74) is 7.31. The average Bonchev–Trinajstić information content (AvgIpc) is 2.43. The molecule has 4 heteroatoms. The minimum absolute atomic E-state index is 0.298. The van der Waals surface area contributed by atoms with Gasteiger partial charge in [0.15, 0.2) is 0 Å². The molecular weight excluding hydrogens is 240 g/mol. The maximum absolute atomic E-state index is 11.3. The molecule has 106 valence electrons. The monoisotopic (exact) mass is 264 g/mol. The Labute approximate surface area is 115 Å². The van der Waals surface area contributed by atoms with Crippen LogP contribution in [0.2, 0.25) is 0 Å². The van der Waals surface area contributed by atoms with Crippen LogP contribution in [0.3, 0.4) is 0 Å². The molecule has 0 radical (unpaired) electrons. The van der Waals surface area contributed by atoms with E-state index in [4.69, 9.17) is 5.73 Å². The fraction of sp³-hybridized carbons (Fsp3) is 0.533. The number of carbonyl (C=O) groups excluding carboxylic acids is 1. The van der Waals surface area contributed by atoms with Gasteiger partial charge in [0.25, 0.3) is 0 Å². The predicted octanol–water partition coefficient (Wildman–Crippen LogP) is 1.59. The first-order valence-corrected chi connectivity index (χ1v) is 6.69. The molecule has 1 atom stereocenters. The van der Waals surface area contributed by atoms with E-state index in [1.807, 2.05) is 24.3 Å². The lowest BCUT2D eigenvalue weighted by Crippen LogP contribution is -2.38. The second-order valence-electron chi connectivity index (χ2n) is 4.99. The Balaban J connectivity index is 2.66. The SMILES string of the molecule is COC(=O)c1ccc(CC(NCCN)C(C)C)cc1. The standard InChI is InChI=1S/C15H24N2O2/c1-11(2)14(17-9-8-16)10-12-4-6-13(7-5-12)15(18)19-3/h4-7,11,14,17H,8-10,16H2,1-3H3. The Morgan fingerprint density at radius 2 is 1.95 bits per heavy atom. The van der Waals surface area contributed by atoms with Crippen LogP contribution in [-0.2, 0) is 11.2 Å². The van der Waals surface area contributed by atoms with Gasteiger partial charge in [0, 0.05) is 19.1 Å². The Morgan fingerprint density at radius 1 is 1.32 bits per heavy atom. The van der Waals surface area contributed by atoms with Gasteiger partial charge in [-0.1, -0.05) is 26.0 Å². The normalized spacial score (nSPS) is 12.5. The Morgan fingerprint density at radius 3 is 2.42 bits per heavy atom. The highest BCUT2D eigenvalue weighted by Crippen LogP contribution is 2.12. The molecule has 0 aliphatic heterocycles. The minimum atomic E-state index is -0.298. The molecule has 0 aliphatic carbocycles. The van der Waals surface area contributed by atoms with Crippen molar-refractivity contribution in [2.45, 2.75) is 26.3 Å². The third kappa shape index (κ3) is 5.01. The maximum atomic E-state index is 11.3. The van der Waals surface area contributed by atoms with Crippen molar-refractivity contribution in [3.05, 3.63) is 35.4 Å². The van der Waals surface area contributed by atoms with Gasteiger partial charge >= 0.3 is 5.97 Å². The summed E-state index contributed by atoms with van der Waals surface area (Å²) in [6, 6.07) is 7.97. The molecule has 0 saturated heterocycles. The second kappa shape index (κ2) is 7.92. The molecule has 1 unspecified atom stereocenters. The number of methoxy groups -OCH3 is 1. The first kappa shape index (κ1) is 15.7. The van der Waals surface area contributed by atoms with Crippen LogP contribution in [0.15, 0.2) is 24.3 Å². The molecule has 0 heterocycles. The van der Waals surface area contributed by atoms with Crippen LogP contribution in [0.1, 0.15) is 29.8 Å². The lowest BCUT2D eigenvalue weighted by Gasteiger charge is -2.22. The van der Waals surface area contributed by atoms with E-state index in [1.165, 1.54) is 12.7 Å². The van der Waals surface area contributed by atoms with Crippen LogP contribution in [0.5, 0.6) is 0 Å². The molecule has 0 bridgehead atoms. The Hall–Kier alpha value is -1.39. The Bertz CT molecular complexity index is 388. The van der Waals surface area contributed by atoms with E-state index in [2.05, 4.69) is 23.9 Å². The summed E-state index contributed by atoms with van der Waals surface area (Å²) in [7, 11) is 1.39. The highest BCUT2D eigenvalue weighted by molar-refractivity contribution is 5.89. The summed E-state index contributed by atoms with van der Waals surface area (Å²) < 4.78 is 4.68. The largest absolute Gasteiger partial charge is 0.465 e. The van der Waals surface area contributed by atoms with Crippen LogP contribution in [0, 0.1) is 5.92 Å². The smallest absolute Gasteiger partial charge is 0.337 e. The van der Waals surface area contributed by atoms with Gasteiger partial charge in [0.2, 0.25) is 0 Å². The molecule has 1 aromatic rings. The van der Waals surface area contributed by atoms with E-state index in [9.17, 15) is 4.79 Å². The zero-order valence-electron chi connectivity index (χ0n) is 12.0. The molecule has 1 rings (SSSR count). The number of esters is 1. The number of nitrogens with one attached hydrogen (secondary N) is 1. The number of hydrogen-bond acceptors (Lipinski definition) is 4. The van der Waals surface area contributed by atoms with Crippen molar-refractivity contribution in [1.82, 2.24) is 5.32 Å². The molecule has 3 N–H and O–H groups in total. The number of hydrogen-bond donors (Lipinski definition) is 2. The Kier molecular flexibility index (Phi) is 6.53. The average molecular weight is 264 g/mol. The zero-order valence-corrected chi connectivity index (χ0v) is 12.0. The molecule has 0 spiro atoms. The molecule has 19 heavy (non-hydrogen) atoms. The van der Waals surface area contributed by atoms with E-state index in [-0.39, 0.29) is 5.97 Å². The lowest BCUT2D eigenvalue weighted by molar-refractivity contribution is 0.0600. The summed E-state index contributed by atoms with van der Waals surface area (Å²) in [6.07, 6.45) is 0.930. The fourth-order valence-electron chi connectivity index (χ4n) is 1.96. The molecule has 0 saturated carbocycles. The van der Waals surface area contributed by atoms with Crippen LogP contribution in [0.4, 0.5) is 0 Å². The van der Waals surface area contributed by atoms with Crippen LogP contribution in [-0.4, -0.2) is 32.2 Å². The van der Waals surface area contributed by atoms with Crippen molar-refractivity contribution in [2.24, 2.45) is 11.7 Å². The number of ether oxygens (including phenoxy) is 1. The van der Waals surface area contributed by atoms with E-state index in [1.54, 1.807) is 0 Å². The van der Waals surface area contributed by atoms with Gasteiger partial charge in [-0.05, 0) is 30.0 Å². The van der Waals surface area contributed by atoms with Gasteiger partial charge in [-0.15, -0.1) is 0 Å². The third-order valence-electron chi connectivity index (χ3n) is 3.19. The minimum Gasteiger partial charge on any atom is -0.465 e. The molecule has 0 fully saturated rings. The van der Waals surface area contributed by atoms with Gasteiger partial charge in [0.1, 0.15) is 0 Å². The van der Waals surface area contributed by atoms with E-state index in [0.29, 0.717) is 24.1 Å². The molecule has 1 aromatic carbocycles. The number of nitrogens with two attached hydrogens (primary N) is 1. The maximum Gasteiger partial charge on any atom is 0.337 e. The van der Waals surface area contributed by atoms with E-state index in [0.717, 1.165) is 13.0 Å². The van der Waals surface area contributed by atoms with E-state index < -0.39 is 0 Å². The van der Waals surface area contributed by atoms with Gasteiger partial charge in [-0.2, -0.15) is 0 Å². The van der Waals surface area contributed by atoms with Gasteiger partial charge in [0.05, 0.1) is 12.7 Å². The summed E-state index contributed by atoms with van der Waals surface area (Å²) in [4.78, 5) is 11.3. The van der Waals surface area contributed by atoms with Crippen LogP contribution in [0.25, 0.3) is 0 Å². The highest BCUT2D eigenvalue weighted by Gasteiger charge is 2.13.